The zero-order chi connectivity index (χ0) is 17.2. The number of nitrogens with one attached hydrogen (secondary N) is 2. The molecule has 1 amide bonds. The summed E-state index contributed by atoms with van der Waals surface area (Å²) in [6.07, 6.45) is 4.37. The van der Waals surface area contributed by atoms with Crippen LogP contribution < -0.4 is 5.32 Å². The topological polar surface area (TPSA) is 57.8 Å². The molecule has 1 heterocycles. The van der Waals surface area contributed by atoms with Crippen molar-refractivity contribution in [3.63, 3.8) is 0 Å². The monoisotopic (exact) mass is 351 g/mol. The predicted molar refractivity (Wildman–Crippen MR) is 100 cm³/mol. The molecule has 126 valence electrons. The fourth-order valence-electron chi connectivity index (χ4n) is 3.34. The van der Waals surface area contributed by atoms with Crippen LogP contribution in [0.25, 0.3) is 11.3 Å². The molecule has 0 radical (unpaired) electrons. The highest BCUT2D eigenvalue weighted by molar-refractivity contribution is 6.34. The van der Waals surface area contributed by atoms with E-state index in [0.29, 0.717) is 16.3 Å². The normalized spacial score (nSPS) is 13.3. The van der Waals surface area contributed by atoms with Gasteiger partial charge < -0.3 is 5.32 Å². The van der Waals surface area contributed by atoms with Gasteiger partial charge in [-0.2, -0.15) is 5.10 Å². The van der Waals surface area contributed by atoms with Gasteiger partial charge >= 0.3 is 0 Å². The van der Waals surface area contributed by atoms with Crippen LogP contribution >= 0.6 is 11.6 Å². The highest BCUT2D eigenvalue weighted by Crippen LogP contribution is 2.32. The molecule has 25 heavy (non-hydrogen) atoms. The van der Waals surface area contributed by atoms with Crippen LogP contribution in [0.1, 0.15) is 34.5 Å². The number of aromatic nitrogens is 2. The van der Waals surface area contributed by atoms with Crippen molar-refractivity contribution in [3.8, 4) is 11.3 Å². The smallest absolute Gasteiger partial charge is 0.256 e. The summed E-state index contributed by atoms with van der Waals surface area (Å²) in [5.41, 5.74) is 5.38. The number of rotatable bonds is 3. The van der Waals surface area contributed by atoms with Gasteiger partial charge in [0.15, 0.2) is 0 Å². The maximum atomic E-state index is 12.8. The Morgan fingerprint density at radius 1 is 1.04 bits per heavy atom. The summed E-state index contributed by atoms with van der Waals surface area (Å²) in [4.78, 5) is 12.8. The van der Waals surface area contributed by atoms with E-state index in [1.165, 1.54) is 17.7 Å². The van der Waals surface area contributed by atoms with E-state index in [4.69, 9.17) is 11.6 Å². The van der Waals surface area contributed by atoms with E-state index >= 15 is 0 Å². The Kier molecular flexibility index (Phi) is 4.28. The summed E-state index contributed by atoms with van der Waals surface area (Å²) >= 11 is 6.16. The second kappa shape index (κ2) is 6.73. The maximum absolute atomic E-state index is 12.8. The van der Waals surface area contributed by atoms with Crippen LogP contribution in [0.4, 0.5) is 5.69 Å². The van der Waals surface area contributed by atoms with Crippen LogP contribution in [0.3, 0.4) is 0 Å². The molecule has 0 unspecified atom stereocenters. The van der Waals surface area contributed by atoms with E-state index < -0.39 is 0 Å². The zero-order valence-corrected chi connectivity index (χ0v) is 14.4. The number of hydrogen-bond donors (Lipinski definition) is 2. The summed E-state index contributed by atoms with van der Waals surface area (Å²) in [6, 6.07) is 14.8. The number of H-pyrrole nitrogens is 1. The Morgan fingerprint density at radius 3 is 2.68 bits per heavy atom. The number of halogens is 1. The SMILES string of the molecule is O=C(Nc1ccccc1Cl)c1ccccc1-c1n[nH]c2c1CCCC2. The van der Waals surface area contributed by atoms with Gasteiger partial charge in [-0.3, -0.25) is 9.89 Å². The number of para-hydroxylation sites is 1. The molecule has 0 saturated heterocycles. The summed E-state index contributed by atoms with van der Waals surface area (Å²) in [5, 5.41) is 11.1. The lowest BCUT2D eigenvalue weighted by Crippen LogP contribution is -2.14. The van der Waals surface area contributed by atoms with Crippen LogP contribution in [0.2, 0.25) is 5.02 Å². The van der Waals surface area contributed by atoms with Crippen molar-refractivity contribution in [3.05, 3.63) is 70.4 Å². The first-order chi connectivity index (χ1) is 12.2. The number of fused-ring (bicyclic) bond motifs is 1. The van der Waals surface area contributed by atoms with Crippen molar-refractivity contribution in [1.29, 1.82) is 0 Å². The number of anilines is 1. The first kappa shape index (κ1) is 15.9. The van der Waals surface area contributed by atoms with Gasteiger partial charge in [-0.05, 0) is 43.9 Å². The van der Waals surface area contributed by atoms with Gasteiger partial charge in [0.1, 0.15) is 0 Å². The minimum atomic E-state index is -0.184. The van der Waals surface area contributed by atoms with E-state index in [9.17, 15) is 4.79 Å². The third kappa shape index (κ3) is 3.05. The minimum absolute atomic E-state index is 0.184. The molecule has 5 heteroatoms. The largest absolute Gasteiger partial charge is 0.321 e. The van der Waals surface area contributed by atoms with Crippen molar-refractivity contribution in [2.45, 2.75) is 25.7 Å². The molecule has 0 atom stereocenters. The lowest BCUT2D eigenvalue weighted by Gasteiger charge is -2.13. The molecule has 0 fully saturated rings. The first-order valence-electron chi connectivity index (χ1n) is 8.45. The molecule has 1 aromatic heterocycles. The molecule has 1 aliphatic rings. The Hall–Kier alpha value is -2.59. The standard InChI is InChI=1S/C20H18ClN3O/c21-16-10-4-6-12-18(16)22-20(25)14-8-2-1-7-13(14)19-15-9-3-5-11-17(15)23-24-19/h1-2,4,6-8,10,12H,3,5,9,11H2,(H,22,25)(H,23,24). The highest BCUT2D eigenvalue weighted by atomic mass is 35.5. The molecular formula is C20H18ClN3O. The second-order valence-electron chi connectivity index (χ2n) is 6.22. The van der Waals surface area contributed by atoms with Crippen LogP contribution in [-0.2, 0) is 12.8 Å². The molecule has 0 saturated carbocycles. The number of carbonyl (C=O) groups excluding carboxylic acids is 1. The van der Waals surface area contributed by atoms with Crippen molar-refractivity contribution >= 4 is 23.2 Å². The van der Waals surface area contributed by atoms with E-state index in [0.717, 1.165) is 30.5 Å². The third-order valence-corrected chi connectivity index (χ3v) is 4.93. The Labute approximate surface area is 151 Å². The number of benzene rings is 2. The van der Waals surface area contributed by atoms with Gasteiger partial charge in [0.2, 0.25) is 0 Å². The molecule has 4 rings (SSSR count). The first-order valence-corrected chi connectivity index (χ1v) is 8.83. The number of hydrogen-bond acceptors (Lipinski definition) is 2. The Morgan fingerprint density at radius 2 is 1.80 bits per heavy atom. The fraction of sp³-hybridized carbons (Fsp3) is 0.200. The predicted octanol–water partition coefficient (Wildman–Crippen LogP) is 4.86. The van der Waals surface area contributed by atoms with E-state index in [1.54, 1.807) is 12.1 Å². The quantitative estimate of drug-likeness (QED) is 0.707. The van der Waals surface area contributed by atoms with Gasteiger partial charge in [0.05, 0.1) is 16.4 Å². The molecule has 4 nitrogen and oxygen atoms in total. The van der Waals surface area contributed by atoms with Crippen LogP contribution in [0.15, 0.2) is 48.5 Å². The average molecular weight is 352 g/mol. The molecule has 2 N–H and O–H groups in total. The zero-order valence-electron chi connectivity index (χ0n) is 13.7. The lowest BCUT2D eigenvalue weighted by atomic mass is 9.92. The van der Waals surface area contributed by atoms with E-state index in [1.807, 2.05) is 36.4 Å². The molecule has 0 aliphatic heterocycles. The van der Waals surface area contributed by atoms with Gasteiger partial charge in [-0.15, -0.1) is 0 Å². The molecule has 1 aliphatic carbocycles. The number of aromatic amines is 1. The Bertz CT molecular complexity index is 932. The minimum Gasteiger partial charge on any atom is -0.321 e. The van der Waals surface area contributed by atoms with Crippen LogP contribution in [0, 0.1) is 0 Å². The molecule has 0 bridgehead atoms. The van der Waals surface area contributed by atoms with Gasteiger partial charge in [0.25, 0.3) is 5.91 Å². The number of carbonyl (C=O) groups is 1. The average Bonchev–Trinajstić information content (AvgIpc) is 3.07. The molecule has 2 aromatic carbocycles. The number of nitrogens with zero attached hydrogens (tertiary/aromatic N) is 1. The summed E-state index contributed by atoms with van der Waals surface area (Å²) < 4.78 is 0. The highest BCUT2D eigenvalue weighted by Gasteiger charge is 2.22. The summed E-state index contributed by atoms with van der Waals surface area (Å²) in [7, 11) is 0. The van der Waals surface area contributed by atoms with E-state index in [-0.39, 0.29) is 5.91 Å². The number of amides is 1. The third-order valence-electron chi connectivity index (χ3n) is 4.61. The van der Waals surface area contributed by atoms with Crippen LogP contribution in [0.5, 0.6) is 0 Å². The van der Waals surface area contributed by atoms with E-state index in [2.05, 4.69) is 15.5 Å². The molecular weight excluding hydrogens is 334 g/mol. The lowest BCUT2D eigenvalue weighted by molar-refractivity contribution is 0.102. The second-order valence-corrected chi connectivity index (χ2v) is 6.62. The van der Waals surface area contributed by atoms with Crippen molar-refractivity contribution in [2.75, 3.05) is 5.32 Å². The summed E-state index contributed by atoms with van der Waals surface area (Å²) in [6.45, 7) is 0. The van der Waals surface area contributed by atoms with Crippen molar-refractivity contribution < 1.29 is 4.79 Å². The maximum Gasteiger partial charge on any atom is 0.256 e. The van der Waals surface area contributed by atoms with Gasteiger partial charge in [-0.25, -0.2) is 0 Å². The molecule has 0 spiro atoms. The van der Waals surface area contributed by atoms with Crippen molar-refractivity contribution in [2.24, 2.45) is 0 Å². The van der Waals surface area contributed by atoms with Gasteiger partial charge in [-0.1, -0.05) is 41.9 Å². The number of aryl methyl sites for hydroxylation is 1. The van der Waals surface area contributed by atoms with Crippen molar-refractivity contribution in [1.82, 2.24) is 10.2 Å². The van der Waals surface area contributed by atoms with Crippen LogP contribution in [-0.4, -0.2) is 16.1 Å². The van der Waals surface area contributed by atoms with Gasteiger partial charge in [0, 0.05) is 22.4 Å². The molecule has 3 aromatic rings. The fourth-order valence-corrected chi connectivity index (χ4v) is 3.53. The summed E-state index contributed by atoms with van der Waals surface area (Å²) in [5.74, 6) is -0.184. The Balaban J connectivity index is 1.71.